The molecule has 0 aliphatic rings. The SMILES string of the molecule is CNC(CCCc1cccs1)Cc1ccc(Cl)cc1Cl. The number of nitrogens with one attached hydrogen (secondary N) is 1. The number of hydrogen-bond acceptors (Lipinski definition) is 2. The summed E-state index contributed by atoms with van der Waals surface area (Å²) in [4.78, 5) is 1.46. The van der Waals surface area contributed by atoms with Gasteiger partial charge in [0.25, 0.3) is 0 Å². The van der Waals surface area contributed by atoms with E-state index in [0.717, 1.165) is 29.8 Å². The van der Waals surface area contributed by atoms with E-state index in [-0.39, 0.29) is 0 Å². The van der Waals surface area contributed by atoms with Crippen molar-refractivity contribution in [2.75, 3.05) is 7.05 Å². The van der Waals surface area contributed by atoms with Gasteiger partial charge in [-0.1, -0.05) is 35.3 Å². The van der Waals surface area contributed by atoms with Crippen molar-refractivity contribution in [1.29, 1.82) is 0 Å². The van der Waals surface area contributed by atoms with E-state index in [1.807, 2.05) is 36.6 Å². The second kappa shape index (κ2) is 8.04. The maximum Gasteiger partial charge on any atom is 0.0453 e. The normalized spacial score (nSPS) is 12.6. The van der Waals surface area contributed by atoms with Gasteiger partial charge in [-0.3, -0.25) is 0 Å². The van der Waals surface area contributed by atoms with Crippen LogP contribution in [-0.4, -0.2) is 13.1 Å². The Bertz CT molecular complexity index is 525. The van der Waals surface area contributed by atoms with Gasteiger partial charge >= 0.3 is 0 Å². The Morgan fingerprint density at radius 3 is 2.75 bits per heavy atom. The molecule has 1 heterocycles. The van der Waals surface area contributed by atoms with Crippen LogP contribution in [0.5, 0.6) is 0 Å². The van der Waals surface area contributed by atoms with Gasteiger partial charge in [0.2, 0.25) is 0 Å². The van der Waals surface area contributed by atoms with E-state index in [0.29, 0.717) is 11.1 Å². The van der Waals surface area contributed by atoms with E-state index in [1.165, 1.54) is 11.3 Å². The van der Waals surface area contributed by atoms with Crippen LogP contribution in [-0.2, 0) is 12.8 Å². The molecule has 0 spiro atoms. The summed E-state index contributed by atoms with van der Waals surface area (Å²) in [6.07, 6.45) is 4.44. The van der Waals surface area contributed by atoms with E-state index >= 15 is 0 Å². The zero-order chi connectivity index (χ0) is 14.4. The highest BCUT2D eigenvalue weighted by atomic mass is 35.5. The second-order valence-corrected chi connectivity index (χ2v) is 6.77. The van der Waals surface area contributed by atoms with Gasteiger partial charge in [0.15, 0.2) is 0 Å². The van der Waals surface area contributed by atoms with Gasteiger partial charge in [-0.25, -0.2) is 0 Å². The Balaban J connectivity index is 1.85. The van der Waals surface area contributed by atoms with E-state index in [1.54, 1.807) is 0 Å². The number of benzene rings is 1. The largest absolute Gasteiger partial charge is 0.317 e. The summed E-state index contributed by atoms with van der Waals surface area (Å²) in [5, 5.41) is 6.97. The quantitative estimate of drug-likeness (QED) is 0.736. The number of thiophene rings is 1. The molecule has 1 N–H and O–H groups in total. The Morgan fingerprint density at radius 2 is 2.10 bits per heavy atom. The lowest BCUT2D eigenvalue weighted by molar-refractivity contribution is 0.503. The van der Waals surface area contributed by atoms with Gasteiger partial charge in [0.1, 0.15) is 0 Å². The third kappa shape index (κ3) is 4.78. The lowest BCUT2D eigenvalue weighted by Crippen LogP contribution is -2.27. The average molecular weight is 328 g/mol. The predicted molar refractivity (Wildman–Crippen MR) is 90.3 cm³/mol. The van der Waals surface area contributed by atoms with E-state index in [4.69, 9.17) is 23.2 Å². The molecule has 0 aliphatic heterocycles. The van der Waals surface area contributed by atoms with E-state index in [2.05, 4.69) is 22.8 Å². The Kier molecular flexibility index (Phi) is 6.37. The summed E-state index contributed by atoms with van der Waals surface area (Å²) in [6, 6.07) is 10.5. The summed E-state index contributed by atoms with van der Waals surface area (Å²) < 4.78 is 0. The van der Waals surface area contributed by atoms with E-state index in [9.17, 15) is 0 Å². The van der Waals surface area contributed by atoms with Crippen LogP contribution in [0.25, 0.3) is 0 Å². The first-order valence-corrected chi connectivity index (χ1v) is 8.46. The van der Waals surface area contributed by atoms with Crippen LogP contribution in [0.1, 0.15) is 23.3 Å². The van der Waals surface area contributed by atoms with Gasteiger partial charge in [-0.15, -0.1) is 11.3 Å². The van der Waals surface area contributed by atoms with Crippen LogP contribution in [0.4, 0.5) is 0 Å². The van der Waals surface area contributed by atoms with Crippen LogP contribution < -0.4 is 5.32 Å². The van der Waals surface area contributed by atoms with Crippen molar-refractivity contribution in [3.63, 3.8) is 0 Å². The van der Waals surface area contributed by atoms with Crippen molar-refractivity contribution in [2.45, 2.75) is 31.7 Å². The highest BCUT2D eigenvalue weighted by molar-refractivity contribution is 7.09. The molecule has 1 unspecified atom stereocenters. The van der Waals surface area contributed by atoms with Crippen molar-refractivity contribution < 1.29 is 0 Å². The second-order valence-electron chi connectivity index (χ2n) is 4.90. The topological polar surface area (TPSA) is 12.0 Å². The summed E-state index contributed by atoms with van der Waals surface area (Å²) in [6.45, 7) is 0. The van der Waals surface area contributed by atoms with Gasteiger partial charge < -0.3 is 5.32 Å². The first-order valence-electron chi connectivity index (χ1n) is 6.82. The van der Waals surface area contributed by atoms with Crippen molar-refractivity contribution in [1.82, 2.24) is 5.32 Å². The minimum Gasteiger partial charge on any atom is -0.317 e. The minimum atomic E-state index is 0.452. The molecule has 4 heteroatoms. The molecule has 1 nitrogen and oxygen atoms in total. The number of rotatable bonds is 7. The Labute approximate surface area is 134 Å². The van der Waals surface area contributed by atoms with Gasteiger partial charge in [-0.05, 0) is 61.9 Å². The molecule has 1 atom stereocenters. The number of halogens is 2. The fourth-order valence-corrected chi connectivity index (χ4v) is 3.52. The molecule has 2 rings (SSSR count). The lowest BCUT2D eigenvalue weighted by atomic mass is 10.0. The average Bonchev–Trinajstić information content (AvgIpc) is 2.93. The first-order chi connectivity index (χ1) is 9.69. The number of aryl methyl sites for hydroxylation is 1. The molecular weight excluding hydrogens is 309 g/mol. The first kappa shape index (κ1) is 15.8. The molecule has 0 bridgehead atoms. The van der Waals surface area contributed by atoms with Crippen LogP contribution >= 0.6 is 34.5 Å². The third-order valence-corrected chi connectivity index (χ3v) is 4.97. The van der Waals surface area contributed by atoms with Crippen LogP contribution in [0.15, 0.2) is 35.7 Å². The Hall–Kier alpha value is -0.540. The van der Waals surface area contributed by atoms with E-state index < -0.39 is 0 Å². The van der Waals surface area contributed by atoms with Crippen LogP contribution in [0.3, 0.4) is 0 Å². The molecule has 1 aromatic heterocycles. The fourth-order valence-electron chi connectivity index (χ4n) is 2.28. The molecule has 0 aliphatic carbocycles. The van der Waals surface area contributed by atoms with Crippen molar-refractivity contribution >= 4 is 34.5 Å². The molecule has 0 saturated heterocycles. The highest BCUT2D eigenvalue weighted by Gasteiger charge is 2.10. The Morgan fingerprint density at radius 1 is 1.25 bits per heavy atom. The van der Waals surface area contributed by atoms with Crippen molar-refractivity contribution in [3.8, 4) is 0 Å². The zero-order valence-corrected chi connectivity index (χ0v) is 13.9. The van der Waals surface area contributed by atoms with Gasteiger partial charge in [0.05, 0.1) is 0 Å². The molecule has 108 valence electrons. The summed E-state index contributed by atoms with van der Waals surface area (Å²) in [5.41, 5.74) is 1.16. The summed E-state index contributed by atoms with van der Waals surface area (Å²) in [7, 11) is 2.01. The standard InChI is InChI=1S/C16H19Cl2NS/c1-19-14(4-2-5-15-6-3-9-20-15)10-12-7-8-13(17)11-16(12)18/h3,6-9,11,14,19H,2,4-5,10H2,1H3. The fraction of sp³-hybridized carbons (Fsp3) is 0.375. The summed E-state index contributed by atoms with van der Waals surface area (Å²) >= 11 is 14.0. The van der Waals surface area contributed by atoms with Crippen LogP contribution in [0, 0.1) is 0 Å². The summed E-state index contributed by atoms with van der Waals surface area (Å²) in [5.74, 6) is 0. The predicted octanol–water partition coefficient (Wildman–Crippen LogP) is 5.21. The molecule has 0 fully saturated rings. The lowest BCUT2D eigenvalue weighted by Gasteiger charge is -2.17. The third-order valence-electron chi connectivity index (χ3n) is 3.45. The zero-order valence-electron chi connectivity index (χ0n) is 11.5. The van der Waals surface area contributed by atoms with Crippen LogP contribution in [0.2, 0.25) is 10.0 Å². The number of hydrogen-bond donors (Lipinski definition) is 1. The molecule has 0 radical (unpaired) electrons. The molecule has 0 saturated carbocycles. The van der Waals surface area contributed by atoms with Crippen molar-refractivity contribution in [3.05, 3.63) is 56.2 Å². The monoisotopic (exact) mass is 327 g/mol. The van der Waals surface area contributed by atoms with Gasteiger partial charge in [0, 0.05) is 21.0 Å². The molecule has 0 amide bonds. The van der Waals surface area contributed by atoms with Crippen molar-refractivity contribution in [2.24, 2.45) is 0 Å². The maximum atomic E-state index is 6.24. The number of likely N-dealkylation sites (N-methyl/N-ethyl adjacent to an activating group) is 1. The smallest absolute Gasteiger partial charge is 0.0453 e. The minimum absolute atomic E-state index is 0.452. The molecule has 1 aromatic carbocycles. The molecule has 2 aromatic rings. The van der Waals surface area contributed by atoms with Gasteiger partial charge in [-0.2, -0.15) is 0 Å². The molecule has 20 heavy (non-hydrogen) atoms. The highest BCUT2D eigenvalue weighted by Crippen LogP contribution is 2.23. The maximum absolute atomic E-state index is 6.24. The molecular formula is C16H19Cl2NS.